The van der Waals surface area contributed by atoms with E-state index in [9.17, 15) is 8.78 Å². The second-order valence-electron chi connectivity index (χ2n) is 4.06. The van der Waals surface area contributed by atoms with Crippen LogP contribution in [0.2, 0.25) is 0 Å². The van der Waals surface area contributed by atoms with E-state index >= 15 is 0 Å². The highest BCUT2D eigenvalue weighted by atomic mass is 19.3. The van der Waals surface area contributed by atoms with Gasteiger partial charge in [-0.1, -0.05) is 0 Å². The molecule has 0 bridgehead atoms. The van der Waals surface area contributed by atoms with Crippen LogP contribution in [0.25, 0.3) is 11.2 Å². The topological polar surface area (TPSA) is 80.5 Å². The van der Waals surface area contributed by atoms with E-state index in [1.165, 1.54) is 6.20 Å². The number of H-pyrrole nitrogens is 1. The first kappa shape index (κ1) is 9.59. The lowest BCUT2D eigenvalue weighted by atomic mass is 9.97. The van der Waals surface area contributed by atoms with Crippen LogP contribution >= 0.6 is 0 Å². The van der Waals surface area contributed by atoms with Crippen LogP contribution in [-0.2, 0) is 5.41 Å². The molecule has 1 aliphatic carbocycles. The first-order chi connectivity index (χ1) is 7.59. The zero-order valence-corrected chi connectivity index (χ0v) is 8.24. The Bertz CT molecular complexity index is 552. The molecule has 0 aromatic carbocycles. The summed E-state index contributed by atoms with van der Waals surface area (Å²) in [5.74, 6) is -2.74. The van der Waals surface area contributed by atoms with Gasteiger partial charge < -0.3 is 5.73 Å². The SMILES string of the molecule is NCC1(c2cnc3n[nH]nc3c2)CC1(F)F. The Morgan fingerprint density at radius 3 is 2.81 bits per heavy atom. The number of halogens is 2. The molecule has 3 rings (SSSR count). The standard InChI is InChI=1S/C9H9F2N5/c10-9(11)3-8(9,4-12)5-1-6-7(13-2-5)15-16-14-6/h1-2H,3-4,12H2,(H,13,14,15,16). The molecule has 1 saturated carbocycles. The van der Waals surface area contributed by atoms with E-state index in [4.69, 9.17) is 5.73 Å². The lowest BCUT2D eigenvalue weighted by Crippen LogP contribution is -2.26. The zero-order valence-electron chi connectivity index (χ0n) is 8.24. The average Bonchev–Trinajstić information content (AvgIpc) is 2.63. The van der Waals surface area contributed by atoms with E-state index in [1.54, 1.807) is 6.07 Å². The van der Waals surface area contributed by atoms with Crippen molar-refractivity contribution < 1.29 is 8.78 Å². The molecule has 1 atom stereocenters. The number of hydrogen-bond donors (Lipinski definition) is 2. The van der Waals surface area contributed by atoms with Gasteiger partial charge in [-0.25, -0.2) is 13.8 Å². The van der Waals surface area contributed by atoms with Crippen LogP contribution in [0.1, 0.15) is 12.0 Å². The number of fused-ring (bicyclic) bond motifs is 1. The molecule has 1 aliphatic rings. The summed E-state index contributed by atoms with van der Waals surface area (Å²) in [7, 11) is 0. The summed E-state index contributed by atoms with van der Waals surface area (Å²) in [6.45, 7) is -0.0922. The van der Waals surface area contributed by atoms with Crippen LogP contribution < -0.4 is 5.73 Å². The molecule has 0 radical (unpaired) electrons. The zero-order chi connectivity index (χ0) is 11.4. The van der Waals surface area contributed by atoms with Crippen molar-refractivity contribution in [2.24, 2.45) is 5.73 Å². The highest BCUT2D eigenvalue weighted by molar-refractivity contribution is 5.70. The van der Waals surface area contributed by atoms with Gasteiger partial charge >= 0.3 is 0 Å². The monoisotopic (exact) mass is 225 g/mol. The summed E-state index contributed by atoms with van der Waals surface area (Å²) in [5.41, 5.74) is 5.52. The highest BCUT2D eigenvalue weighted by Gasteiger charge is 2.71. The largest absolute Gasteiger partial charge is 0.329 e. The van der Waals surface area contributed by atoms with Gasteiger partial charge in [0.25, 0.3) is 5.92 Å². The Hall–Kier alpha value is -1.63. The maximum absolute atomic E-state index is 13.3. The molecule has 1 fully saturated rings. The minimum atomic E-state index is -2.74. The molecular formula is C9H9F2N5. The van der Waals surface area contributed by atoms with E-state index in [0.29, 0.717) is 16.7 Å². The highest BCUT2D eigenvalue weighted by Crippen LogP contribution is 2.60. The van der Waals surface area contributed by atoms with Crippen molar-refractivity contribution in [3.63, 3.8) is 0 Å². The molecule has 1 unspecified atom stereocenters. The number of nitrogens with one attached hydrogen (secondary N) is 1. The van der Waals surface area contributed by atoms with E-state index in [2.05, 4.69) is 20.4 Å². The lowest BCUT2D eigenvalue weighted by Gasteiger charge is -2.13. The van der Waals surface area contributed by atoms with Crippen LogP contribution in [0.15, 0.2) is 12.3 Å². The molecule has 2 aromatic heterocycles. The summed E-state index contributed by atoms with van der Waals surface area (Å²) in [6.07, 6.45) is 1.18. The number of aromatic amines is 1. The van der Waals surface area contributed by atoms with Crippen LogP contribution in [0, 0.1) is 0 Å². The quantitative estimate of drug-likeness (QED) is 0.783. The number of hydrogen-bond acceptors (Lipinski definition) is 4. The minimum absolute atomic E-state index is 0.0922. The normalized spacial score (nSPS) is 27.2. The molecule has 2 heterocycles. The van der Waals surface area contributed by atoms with Crippen molar-refractivity contribution >= 4 is 11.2 Å². The second-order valence-corrected chi connectivity index (χ2v) is 4.06. The number of pyridine rings is 1. The third-order valence-corrected chi connectivity index (χ3v) is 3.17. The van der Waals surface area contributed by atoms with Crippen molar-refractivity contribution in [3.8, 4) is 0 Å². The molecule has 0 amide bonds. The van der Waals surface area contributed by atoms with E-state index < -0.39 is 11.3 Å². The van der Waals surface area contributed by atoms with E-state index in [1.807, 2.05) is 0 Å². The van der Waals surface area contributed by atoms with Crippen molar-refractivity contribution in [2.75, 3.05) is 6.54 Å². The molecule has 16 heavy (non-hydrogen) atoms. The smallest absolute Gasteiger partial charge is 0.260 e. The van der Waals surface area contributed by atoms with Crippen LogP contribution in [0.3, 0.4) is 0 Å². The Balaban J connectivity index is 2.12. The Morgan fingerprint density at radius 1 is 1.44 bits per heavy atom. The summed E-state index contributed by atoms with van der Waals surface area (Å²) in [5, 5.41) is 9.97. The minimum Gasteiger partial charge on any atom is -0.329 e. The average molecular weight is 225 g/mol. The number of nitrogens with zero attached hydrogens (tertiary/aromatic N) is 3. The third-order valence-electron chi connectivity index (χ3n) is 3.17. The molecule has 0 aliphatic heterocycles. The Morgan fingerprint density at radius 2 is 2.19 bits per heavy atom. The fourth-order valence-corrected chi connectivity index (χ4v) is 1.99. The van der Waals surface area contributed by atoms with Crippen molar-refractivity contribution in [1.29, 1.82) is 0 Å². The molecule has 5 nitrogen and oxygen atoms in total. The summed E-state index contributed by atoms with van der Waals surface area (Å²) in [4.78, 5) is 3.97. The van der Waals surface area contributed by atoms with Gasteiger partial charge in [-0.05, 0) is 11.6 Å². The van der Waals surface area contributed by atoms with Crippen LogP contribution in [0.5, 0.6) is 0 Å². The van der Waals surface area contributed by atoms with Gasteiger partial charge in [-0.15, -0.1) is 5.10 Å². The van der Waals surface area contributed by atoms with Crippen LogP contribution in [-0.4, -0.2) is 32.9 Å². The molecular weight excluding hydrogens is 216 g/mol. The van der Waals surface area contributed by atoms with Crippen molar-refractivity contribution in [1.82, 2.24) is 20.4 Å². The van der Waals surface area contributed by atoms with Crippen molar-refractivity contribution in [2.45, 2.75) is 17.8 Å². The predicted molar refractivity (Wildman–Crippen MR) is 52.0 cm³/mol. The van der Waals surface area contributed by atoms with Crippen LogP contribution in [0.4, 0.5) is 8.78 Å². The number of alkyl halides is 2. The first-order valence-corrected chi connectivity index (χ1v) is 4.84. The number of rotatable bonds is 2. The molecule has 0 spiro atoms. The Kier molecular flexibility index (Phi) is 1.64. The van der Waals surface area contributed by atoms with Gasteiger partial charge in [0.1, 0.15) is 5.52 Å². The molecule has 2 aromatic rings. The van der Waals surface area contributed by atoms with E-state index in [-0.39, 0.29) is 13.0 Å². The summed E-state index contributed by atoms with van der Waals surface area (Å²) >= 11 is 0. The first-order valence-electron chi connectivity index (χ1n) is 4.84. The fourth-order valence-electron chi connectivity index (χ4n) is 1.99. The fraction of sp³-hybridized carbons (Fsp3) is 0.444. The molecule has 3 N–H and O–H groups in total. The van der Waals surface area contributed by atoms with Crippen molar-refractivity contribution in [3.05, 3.63) is 17.8 Å². The third kappa shape index (κ3) is 1.03. The predicted octanol–water partition coefficient (Wildman–Crippen LogP) is 0.588. The summed E-state index contributed by atoms with van der Waals surface area (Å²) < 4.78 is 26.6. The van der Waals surface area contributed by atoms with Gasteiger partial charge in [0.15, 0.2) is 0 Å². The molecule has 0 saturated heterocycles. The van der Waals surface area contributed by atoms with Gasteiger partial charge in [-0.2, -0.15) is 10.3 Å². The van der Waals surface area contributed by atoms with E-state index in [0.717, 1.165) is 0 Å². The van der Waals surface area contributed by atoms with Gasteiger partial charge in [0.05, 0.1) is 5.41 Å². The van der Waals surface area contributed by atoms with Gasteiger partial charge in [0, 0.05) is 19.2 Å². The maximum atomic E-state index is 13.3. The lowest BCUT2D eigenvalue weighted by molar-refractivity contribution is 0.0896. The molecule has 7 heteroatoms. The van der Waals surface area contributed by atoms with Gasteiger partial charge in [-0.3, -0.25) is 0 Å². The Labute approximate surface area is 89.0 Å². The number of aromatic nitrogens is 4. The van der Waals surface area contributed by atoms with Gasteiger partial charge in [0.2, 0.25) is 5.65 Å². The summed E-state index contributed by atoms with van der Waals surface area (Å²) in [6, 6.07) is 1.57. The maximum Gasteiger partial charge on any atom is 0.260 e. The second kappa shape index (κ2) is 2.73. The number of nitrogens with two attached hydrogens (primary N) is 1. The molecule has 84 valence electrons.